The van der Waals surface area contributed by atoms with Crippen LogP contribution in [0.5, 0.6) is 0 Å². The van der Waals surface area contributed by atoms with Crippen molar-refractivity contribution in [3.63, 3.8) is 0 Å². The predicted molar refractivity (Wildman–Crippen MR) is 89.3 cm³/mol. The summed E-state index contributed by atoms with van der Waals surface area (Å²) in [6.45, 7) is 6.79. The second kappa shape index (κ2) is 5.51. The Morgan fingerprint density at radius 1 is 1.29 bits per heavy atom. The summed E-state index contributed by atoms with van der Waals surface area (Å²) < 4.78 is 0. The van der Waals surface area contributed by atoms with Crippen LogP contribution in [-0.4, -0.2) is 9.97 Å². The number of para-hydroxylation sites is 1. The zero-order valence-electron chi connectivity index (χ0n) is 13.2. The Kier molecular flexibility index (Phi) is 3.71. The first-order chi connectivity index (χ1) is 10.1. The molecule has 0 fully saturated rings. The summed E-state index contributed by atoms with van der Waals surface area (Å²) in [7, 11) is 0. The SMILES string of the molecule is Cc1cccc2[nH]c(CCCC3(C)C=CC=CC3C)nc12. The number of aromatic amines is 1. The van der Waals surface area contributed by atoms with Crippen molar-refractivity contribution < 1.29 is 0 Å². The van der Waals surface area contributed by atoms with Crippen LogP contribution in [-0.2, 0) is 6.42 Å². The number of hydrogen-bond acceptors (Lipinski definition) is 1. The summed E-state index contributed by atoms with van der Waals surface area (Å²) in [5, 5.41) is 0. The Morgan fingerprint density at radius 2 is 2.14 bits per heavy atom. The van der Waals surface area contributed by atoms with Crippen molar-refractivity contribution in [1.29, 1.82) is 0 Å². The van der Waals surface area contributed by atoms with Gasteiger partial charge in [0.15, 0.2) is 0 Å². The number of fused-ring (bicyclic) bond motifs is 1. The number of benzene rings is 1. The first-order valence-corrected chi connectivity index (χ1v) is 7.89. The van der Waals surface area contributed by atoms with Gasteiger partial charge in [0.25, 0.3) is 0 Å². The van der Waals surface area contributed by atoms with Crippen molar-refractivity contribution in [2.75, 3.05) is 0 Å². The Hall–Kier alpha value is -1.83. The van der Waals surface area contributed by atoms with Gasteiger partial charge in [-0.15, -0.1) is 0 Å². The molecule has 0 saturated carbocycles. The monoisotopic (exact) mass is 280 g/mol. The lowest BCUT2D eigenvalue weighted by atomic mass is 9.72. The predicted octanol–water partition coefficient (Wildman–Crippen LogP) is 4.96. The molecule has 3 rings (SSSR count). The van der Waals surface area contributed by atoms with Crippen molar-refractivity contribution in [3.8, 4) is 0 Å². The van der Waals surface area contributed by atoms with E-state index in [1.807, 2.05) is 0 Å². The summed E-state index contributed by atoms with van der Waals surface area (Å²) in [5.74, 6) is 1.73. The number of imidazole rings is 1. The minimum absolute atomic E-state index is 0.288. The van der Waals surface area contributed by atoms with E-state index in [0.717, 1.165) is 29.7 Å². The average molecular weight is 280 g/mol. The molecule has 2 aromatic rings. The van der Waals surface area contributed by atoms with E-state index in [1.165, 1.54) is 12.0 Å². The number of allylic oxidation sites excluding steroid dienone is 4. The van der Waals surface area contributed by atoms with Crippen LogP contribution >= 0.6 is 0 Å². The van der Waals surface area contributed by atoms with Crippen molar-refractivity contribution in [1.82, 2.24) is 9.97 Å². The average Bonchev–Trinajstić information content (AvgIpc) is 2.87. The molecule has 2 nitrogen and oxygen atoms in total. The van der Waals surface area contributed by atoms with Gasteiger partial charge in [0.2, 0.25) is 0 Å². The van der Waals surface area contributed by atoms with Gasteiger partial charge in [-0.2, -0.15) is 0 Å². The molecule has 0 aliphatic heterocycles. The van der Waals surface area contributed by atoms with Gasteiger partial charge in [-0.05, 0) is 42.7 Å². The van der Waals surface area contributed by atoms with Crippen LogP contribution in [0.1, 0.15) is 38.1 Å². The second-order valence-corrected chi connectivity index (χ2v) is 6.55. The van der Waals surface area contributed by atoms with Crippen molar-refractivity contribution in [2.45, 2.75) is 40.0 Å². The van der Waals surface area contributed by atoms with Crippen LogP contribution in [0.2, 0.25) is 0 Å². The highest BCUT2D eigenvalue weighted by Crippen LogP contribution is 2.37. The molecule has 1 aromatic heterocycles. The summed E-state index contributed by atoms with van der Waals surface area (Å²) in [5.41, 5.74) is 3.81. The molecule has 1 aliphatic carbocycles. The third kappa shape index (κ3) is 2.80. The Labute approximate surface area is 127 Å². The van der Waals surface area contributed by atoms with Crippen LogP contribution in [0.3, 0.4) is 0 Å². The van der Waals surface area contributed by atoms with E-state index in [0.29, 0.717) is 5.92 Å². The number of hydrogen-bond donors (Lipinski definition) is 1. The maximum Gasteiger partial charge on any atom is 0.107 e. The van der Waals surface area contributed by atoms with E-state index in [9.17, 15) is 0 Å². The molecule has 1 aliphatic rings. The van der Waals surface area contributed by atoms with Gasteiger partial charge in [-0.25, -0.2) is 4.98 Å². The summed E-state index contributed by atoms with van der Waals surface area (Å²) in [6.07, 6.45) is 12.4. The Morgan fingerprint density at radius 3 is 2.90 bits per heavy atom. The lowest BCUT2D eigenvalue weighted by Gasteiger charge is -2.33. The second-order valence-electron chi connectivity index (χ2n) is 6.55. The lowest BCUT2D eigenvalue weighted by molar-refractivity contribution is 0.291. The van der Waals surface area contributed by atoms with Crippen molar-refractivity contribution in [2.24, 2.45) is 11.3 Å². The van der Waals surface area contributed by atoms with Gasteiger partial charge in [-0.1, -0.05) is 50.3 Å². The van der Waals surface area contributed by atoms with Crippen LogP contribution in [0.15, 0.2) is 42.5 Å². The van der Waals surface area contributed by atoms with Crippen molar-refractivity contribution >= 4 is 11.0 Å². The molecular weight excluding hydrogens is 256 g/mol. The highest BCUT2D eigenvalue weighted by atomic mass is 14.9. The van der Waals surface area contributed by atoms with Gasteiger partial charge in [0.1, 0.15) is 5.82 Å². The van der Waals surface area contributed by atoms with Crippen molar-refractivity contribution in [3.05, 3.63) is 53.9 Å². The molecular formula is C19H24N2. The van der Waals surface area contributed by atoms with Crippen LogP contribution in [0, 0.1) is 18.3 Å². The molecule has 1 N–H and O–H groups in total. The number of rotatable bonds is 4. The number of H-pyrrole nitrogens is 1. The van der Waals surface area contributed by atoms with Gasteiger partial charge < -0.3 is 4.98 Å². The summed E-state index contributed by atoms with van der Waals surface area (Å²) in [4.78, 5) is 8.20. The maximum atomic E-state index is 4.75. The zero-order chi connectivity index (χ0) is 14.9. The molecule has 2 heteroatoms. The molecule has 0 radical (unpaired) electrons. The van der Waals surface area contributed by atoms with Gasteiger partial charge in [0, 0.05) is 6.42 Å². The fraction of sp³-hybridized carbons (Fsp3) is 0.421. The van der Waals surface area contributed by atoms with E-state index in [4.69, 9.17) is 4.98 Å². The van der Waals surface area contributed by atoms with Crippen LogP contribution in [0.25, 0.3) is 11.0 Å². The standard InChI is InChI=1S/C19H24N2/c1-14-8-6-10-16-18(14)21-17(20-16)11-7-13-19(3)12-5-4-9-15(19)2/h4-6,8-10,12,15H,7,11,13H2,1-3H3,(H,20,21). The highest BCUT2D eigenvalue weighted by Gasteiger charge is 2.27. The molecule has 110 valence electrons. The largest absolute Gasteiger partial charge is 0.342 e. The normalized spacial score (nSPS) is 24.8. The van der Waals surface area contributed by atoms with Gasteiger partial charge in [-0.3, -0.25) is 0 Å². The van der Waals surface area contributed by atoms with E-state index in [2.05, 4.69) is 68.3 Å². The Bertz CT molecular complexity index is 693. The fourth-order valence-corrected chi connectivity index (χ4v) is 3.17. The minimum atomic E-state index is 0.288. The third-order valence-electron chi connectivity index (χ3n) is 4.92. The van der Waals surface area contributed by atoms with Gasteiger partial charge in [0.05, 0.1) is 11.0 Å². The first kappa shape index (κ1) is 14.1. The maximum absolute atomic E-state index is 4.75. The number of aromatic nitrogens is 2. The molecule has 2 atom stereocenters. The number of aryl methyl sites for hydroxylation is 2. The summed E-state index contributed by atoms with van der Waals surface area (Å²) >= 11 is 0. The van der Waals surface area contributed by atoms with E-state index in [1.54, 1.807) is 0 Å². The minimum Gasteiger partial charge on any atom is -0.342 e. The quantitative estimate of drug-likeness (QED) is 0.842. The molecule has 2 unspecified atom stereocenters. The lowest BCUT2D eigenvalue weighted by Crippen LogP contribution is -2.23. The number of nitrogens with zero attached hydrogens (tertiary/aromatic N) is 1. The highest BCUT2D eigenvalue weighted by molar-refractivity contribution is 5.78. The van der Waals surface area contributed by atoms with Crippen LogP contribution in [0.4, 0.5) is 0 Å². The number of nitrogens with one attached hydrogen (secondary N) is 1. The molecule has 0 amide bonds. The molecule has 0 saturated heterocycles. The molecule has 0 spiro atoms. The van der Waals surface area contributed by atoms with Gasteiger partial charge >= 0.3 is 0 Å². The topological polar surface area (TPSA) is 28.7 Å². The van der Waals surface area contributed by atoms with Crippen LogP contribution < -0.4 is 0 Å². The van der Waals surface area contributed by atoms with E-state index in [-0.39, 0.29) is 5.41 Å². The smallest absolute Gasteiger partial charge is 0.107 e. The first-order valence-electron chi connectivity index (χ1n) is 7.89. The molecule has 21 heavy (non-hydrogen) atoms. The summed E-state index contributed by atoms with van der Waals surface area (Å²) in [6, 6.07) is 6.31. The third-order valence-corrected chi connectivity index (χ3v) is 4.92. The Balaban J connectivity index is 1.66. The van der Waals surface area contributed by atoms with E-state index >= 15 is 0 Å². The molecule has 1 aromatic carbocycles. The molecule has 0 bridgehead atoms. The fourth-order valence-electron chi connectivity index (χ4n) is 3.17. The van der Waals surface area contributed by atoms with E-state index < -0.39 is 0 Å². The molecule has 1 heterocycles. The zero-order valence-corrected chi connectivity index (χ0v) is 13.2.